The number of nitrogens with two attached hydrogens (primary N) is 1. The van der Waals surface area contributed by atoms with Crippen molar-refractivity contribution in [3.63, 3.8) is 0 Å². The van der Waals surface area contributed by atoms with Gasteiger partial charge in [0.05, 0.1) is 18.7 Å². The summed E-state index contributed by atoms with van der Waals surface area (Å²) in [6, 6.07) is 13.0. The largest absolute Gasteiger partial charge is 0.493 e. The molecule has 0 unspecified atom stereocenters. The molecule has 0 fully saturated rings. The second-order valence-corrected chi connectivity index (χ2v) is 4.20. The number of carbonyl (C=O) groups is 1. The Morgan fingerprint density at radius 2 is 2.00 bits per heavy atom. The smallest absolute Gasteiger partial charge is 0.227 e. The van der Waals surface area contributed by atoms with Crippen LogP contribution in [0.3, 0.4) is 0 Å². The van der Waals surface area contributed by atoms with Gasteiger partial charge in [0, 0.05) is 11.8 Å². The van der Waals surface area contributed by atoms with Gasteiger partial charge in [-0.2, -0.15) is 0 Å². The number of carbonyl (C=O) groups excluding carboxylic acids is 1. The molecule has 5 heteroatoms. The molecule has 0 aromatic heterocycles. The molecule has 0 spiro atoms. The van der Waals surface area contributed by atoms with E-state index in [1.807, 2.05) is 0 Å². The summed E-state index contributed by atoms with van der Waals surface area (Å²) in [5.41, 5.74) is 6.37. The topological polar surface area (TPSA) is 64.3 Å². The van der Waals surface area contributed by atoms with Gasteiger partial charge >= 0.3 is 0 Å². The second-order valence-electron chi connectivity index (χ2n) is 4.20. The maximum atomic E-state index is 13.3. The van der Waals surface area contributed by atoms with Crippen LogP contribution in [0, 0.1) is 5.82 Å². The van der Waals surface area contributed by atoms with Crippen LogP contribution in [-0.4, -0.2) is 12.5 Å². The molecule has 0 radical (unpaired) electrons. The van der Waals surface area contributed by atoms with Crippen molar-refractivity contribution in [2.45, 2.75) is 6.42 Å². The van der Waals surface area contributed by atoms with Crippen molar-refractivity contribution in [3.8, 4) is 5.75 Å². The number of ether oxygens (including phenoxy) is 1. The molecule has 104 valence electrons. The average molecular weight is 274 g/mol. The number of nitrogen functional groups attached to an aromatic ring is 1. The summed E-state index contributed by atoms with van der Waals surface area (Å²) in [5, 5.41) is 2.49. The lowest BCUT2D eigenvalue weighted by Gasteiger charge is -2.08. The minimum Gasteiger partial charge on any atom is -0.493 e. The normalized spacial score (nSPS) is 10.1. The molecule has 2 aromatic carbocycles. The number of para-hydroxylation sites is 1. The summed E-state index contributed by atoms with van der Waals surface area (Å²) in [6.07, 6.45) is 0.128. The monoisotopic (exact) mass is 274 g/mol. The molecular weight excluding hydrogens is 259 g/mol. The fourth-order valence-corrected chi connectivity index (χ4v) is 1.64. The van der Waals surface area contributed by atoms with Crippen LogP contribution in [0.5, 0.6) is 5.75 Å². The number of nitrogens with one attached hydrogen (secondary N) is 1. The maximum Gasteiger partial charge on any atom is 0.227 e. The molecule has 2 rings (SSSR count). The zero-order valence-electron chi connectivity index (χ0n) is 10.8. The summed E-state index contributed by atoms with van der Waals surface area (Å²) in [5.74, 6) is -0.166. The standard InChI is InChI=1S/C15H15FN2O2/c16-13-6-1-2-7-14(13)18-15(19)8-9-20-12-5-3-4-11(17)10-12/h1-7,10H,8-9,17H2,(H,18,19). The highest BCUT2D eigenvalue weighted by Gasteiger charge is 2.06. The van der Waals surface area contributed by atoms with Crippen molar-refractivity contribution in [1.82, 2.24) is 0 Å². The highest BCUT2D eigenvalue weighted by Crippen LogP contribution is 2.15. The van der Waals surface area contributed by atoms with Gasteiger partial charge in [-0.1, -0.05) is 18.2 Å². The van der Waals surface area contributed by atoms with Crippen LogP contribution in [0.2, 0.25) is 0 Å². The Morgan fingerprint density at radius 3 is 2.75 bits per heavy atom. The van der Waals surface area contributed by atoms with Crippen LogP contribution < -0.4 is 15.8 Å². The molecule has 0 aliphatic heterocycles. The van der Waals surface area contributed by atoms with E-state index in [0.717, 1.165) is 0 Å². The summed E-state index contributed by atoms with van der Waals surface area (Å²) in [7, 11) is 0. The Morgan fingerprint density at radius 1 is 1.20 bits per heavy atom. The Bertz CT molecular complexity index is 602. The molecule has 0 saturated carbocycles. The van der Waals surface area contributed by atoms with Crippen LogP contribution >= 0.6 is 0 Å². The Balaban J connectivity index is 1.80. The van der Waals surface area contributed by atoms with Crippen LogP contribution in [0.4, 0.5) is 15.8 Å². The van der Waals surface area contributed by atoms with Crippen LogP contribution in [-0.2, 0) is 4.79 Å². The molecule has 4 nitrogen and oxygen atoms in total. The quantitative estimate of drug-likeness (QED) is 0.824. The number of hydrogen-bond donors (Lipinski definition) is 2. The number of halogens is 1. The Kier molecular flexibility index (Phi) is 4.55. The highest BCUT2D eigenvalue weighted by atomic mass is 19.1. The number of amides is 1. The average Bonchev–Trinajstić information content (AvgIpc) is 2.41. The van der Waals surface area contributed by atoms with Crippen LogP contribution in [0.1, 0.15) is 6.42 Å². The van der Waals surface area contributed by atoms with Crippen LogP contribution in [0.15, 0.2) is 48.5 Å². The first-order valence-corrected chi connectivity index (χ1v) is 6.18. The molecule has 0 aliphatic rings. The number of benzene rings is 2. The zero-order chi connectivity index (χ0) is 14.4. The SMILES string of the molecule is Nc1cccc(OCCC(=O)Nc2ccccc2F)c1. The molecule has 20 heavy (non-hydrogen) atoms. The van der Waals surface area contributed by atoms with Crippen molar-refractivity contribution in [2.75, 3.05) is 17.7 Å². The molecule has 0 heterocycles. The van der Waals surface area contributed by atoms with Gasteiger partial charge in [0.1, 0.15) is 11.6 Å². The lowest BCUT2D eigenvalue weighted by atomic mass is 10.3. The first kappa shape index (κ1) is 13.9. The van der Waals surface area contributed by atoms with E-state index in [1.54, 1.807) is 36.4 Å². The van der Waals surface area contributed by atoms with Crippen molar-refractivity contribution in [1.29, 1.82) is 0 Å². The third-order valence-corrected chi connectivity index (χ3v) is 2.60. The van der Waals surface area contributed by atoms with Gasteiger partial charge in [-0.3, -0.25) is 4.79 Å². The number of hydrogen-bond acceptors (Lipinski definition) is 3. The fraction of sp³-hybridized carbons (Fsp3) is 0.133. The second kappa shape index (κ2) is 6.56. The maximum absolute atomic E-state index is 13.3. The molecule has 0 saturated heterocycles. The summed E-state index contributed by atoms with van der Waals surface area (Å²) in [6.45, 7) is 0.198. The van der Waals surface area contributed by atoms with Gasteiger partial charge in [0.25, 0.3) is 0 Å². The van der Waals surface area contributed by atoms with E-state index >= 15 is 0 Å². The van der Waals surface area contributed by atoms with Crippen LogP contribution in [0.25, 0.3) is 0 Å². The van der Waals surface area contributed by atoms with Crippen molar-refractivity contribution < 1.29 is 13.9 Å². The fourth-order valence-electron chi connectivity index (χ4n) is 1.64. The van der Waals surface area contributed by atoms with Gasteiger partial charge in [0.2, 0.25) is 5.91 Å². The summed E-state index contributed by atoms with van der Waals surface area (Å²) >= 11 is 0. The van der Waals surface area contributed by atoms with E-state index in [-0.39, 0.29) is 24.6 Å². The number of rotatable bonds is 5. The molecule has 0 atom stereocenters. The molecule has 3 N–H and O–H groups in total. The van der Waals surface area contributed by atoms with Gasteiger partial charge < -0.3 is 15.8 Å². The van der Waals surface area contributed by atoms with Gasteiger partial charge in [-0.05, 0) is 24.3 Å². The summed E-state index contributed by atoms with van der Waals surface area (Å²) in [4.78, 5) is 11.6. The third-order valence-electron chi connectivity index (χ3n) is 2.60. The van der Waals surface area contributed by atoms with Crippen molar-refractivity contribution >= 4 is 17.3 Å². The van der Waals surface area contributed by atoms with Gasteiger partial charge in [-0.25, -0.2) is 4.39 Å². The highest BCUT2D eigenvalue weighted by molar-refractivity contribution is 5.90. The van der Waals surface area contributed by atoms with E-state index < -0.39 is 5.82 Å². The number of anilines is 2. The minimum absolute atomic E-state index is 0.128. The van der Waals surface area contributed by atoms with Gasteiger partial charge in [-0.15, -0.1) is 0 Å². The Labute approximate surface area is 116 Å². The van der Waals surface area contributed by atoms with E-state index in [0.29, 0.717) is 11.4 Å². The van der Waals surface area contributed by atoms with E-state index in [9.17, 15) is 9.18 Å². The van der Waals surface area contributed by atoms with Gasteiger partial charge in [0.15, 0.2) is 0 Å². The Hall–Kier alpha value is -2.56. The van der Waals surface area contributed by atoms with E-state index in [1.165, 1.54) is 12.1 Å². The molecule has 0 bridgehead atoms. The molecule has 1 amide bonds. The van der Waals surface area contributed by atoms with E-state index in [4.69, 9.17) is 10.5 Å². The zero-order valence-corrected chi connectivity index (χ0v) is 10.8. The molecule has 0 aliphatic carbocycles. The lowest BCUT2D eigenvalue weighted by molar-refractivity contribution is -0.116. The molecule has 2 aromatic rings. The predicted molar refractivity (Wildman–Crippen MR) is 76.0 cm³/mol. The first-order chi connectivity index (χ1) is 9.65. The molecular formula is C15H15FN2O2. The minimum atomic E-state index is -0.461. The van der Waals surface area contributed by atoms with Crippen molar-refractivity contribution in [2.24, 2.45) is 0 Å². The van der Waals surface area contributed by atoms with Crippen molar-refractivity contribution in [3.05, 3.63) is 54.3 Å². The van der Waals surface area contributed by atoms with E-state index in [2.05, 4.69) is 5.32 Å². The lowest BCUT2D eigenvalue weighted by Crippen LogP contribution is -2.16. The third kappa shape index (κ3) is 3.98. The first-order valence-electron chi connectivity index (χ1n) is 6.18. The predicted octanol–water partition coefficient (Wildman–Crippen LogP) is 2.82. The summed E-state index contributed by atoms with van der Waals surface area (Å²) < 4.78 is 18.7.